The highest BCUT2D eigenvalue weighted by Crippen LogP contribution is 2.38. The summed E-state index contributed by atoms with van der Waals surface area (Å²) < 4.78 is 16.7. The van der Waals surface area contributed by atoms with Crippen LogP contribution in [0, 0.1) is 11.8 Å². The van der Waals surface area contributed by atoms with Crippen LogP contribution in [0.25, 0.3) is 0 Å². The summed E-state index contributed by atoms with van der Waals surface area (Å²) in [6.45, 7) is 0.684. The number of rotatable bonds is 4. The molecule has 2 heterocycles. The van der Waals surface area contributed by atoms with E-state index in [4.69, 9.17) is 19.3 Å². The van der Waals surface area contributed by atoms with Gasteiger partial charge in [-0.05, 0) is 50.3 Å². The van der Waals surface area contributed by atoms with Crippen LogP contribution in [-0.2, 0) is 9.53 Å². The average molecular weight is 370 g/mol. The minimum atomic E-state index is -0.256. The third kappa shape index (κ3) is 3.34. The predicted octanol–water partition coefficient (Wildman–Crippen LogP) is 3.36. The minimum Gasteiger partial charge on any atom is -0.493 e. The molecule has 1 fully saturated rings. The van der Waals surface area contributed by atoms with Gasteiger partial charge in [0.1, 0.15) is 0 Å². The number of amides is 1. The maximum absolute atomic E-state index is 13.1. The highest BCUT2D eigenvalue weighted by atomic mass is 16.5. The third-order valence-electron chi connectivity index (χ3n) is 5.65. The molecule has 27 heavy (non-hydrogen) atoms. The second-order valence-corrected chi connectivity index (χ2v) is 7.21. The molecule has 1 aromatic carbocycles. The fourth-order valence-electron chi connectivity index (χ4n) is 4.19. The quantitative estimate of drug-likeness (QED) is 0.763. The predicted molar refractivity (Wildman–Crippen MR) is 102 cm³/mol. The monoisotopic (exact) mass is 370 g/mol. The van der Waals surface area contributed by atoms with Crippen LogP contribution in [0.5, 0.6) is 11.5 Å². The zero-order valence-electron chi connectivity index (χ0n) is 15.9. The van der Waals surface area contributed by atoms with Gasteiger partial charge in [-0.2, -0.15) is 5.10 Å². The largest absolute Gasteiger partial charge is 0.493 e. The summed E-state index contributed by atoms with van der Waals surface area (Å²) in [7, 11) is 3.25. The topological polar surface area (TPSA) is 60.4 Å². The van der Waals surface area contributed by atoms with Gasteiger partial charge in [0.2, 0.25) is 5.91 Å². The molecule has 4 rings (SSSR count). The lowest BCUT2D eigenvalue weighted by Gasteiger charge is -2.40. The molecule has 6 heteroatoms. The van der Waals surface area contributed by atoms with E-state index in [1.54, 1.807) is 19.2 Å². The van der Waals surface area contributed by atoms with Crippen molar-refractivity contribution >= 4 is 11.6 Å². The molecule has 0 aromatic heterocycles. The molecule has 1 aromatic rings. The zero-order valence-corrected chi connectivity index (χ0v) is 15.9. The summed E-state index contributed by atoms with van der Waals surface area (Å²) in [5.74, 6) is 1.43. The fourth-order valence-corrected chi connectivity index (χ4v) is 4.19. The number of ether oxygens (including phenoxy) is 3. The van der Waals surface area contributed by atoms with Crippen LogP contribution in [0.1, 0.15) is 37.7 Å². The van der Waals surface area contributed by atoms with Crippen LogP contribution in [0.3, 0.4) is 0 Å². The van der Waals surface area contributed by atoms with Crippen molar-refractivity contribution < 1.29 is 19.0 Å². The van der Waals surface area contributed by atoms with E-state index in [0.717, 1.165) is 43.4 Å². The number of methoxy groups -OCH3 is 2. The van der Waals surface area contributed by atoms with E-state index in [0.29, 0.717) is 18.1 Å². The molecule has 144 valence electrons. The SMILES string of the molecule is COc1ccc(C2=NN(C3CCCCO3)C(=O)[C@@H]3CC=CC[C@H]23)cc1OC. The van der Waals surface area contributed by atoms with Gasteiger partial charge in [0, 0.05) is 18.1 Å². The van der Waals surface area contributed by atoms with Crippen molar-refractivity contribution in [2.45, 2.75) is 38.3 Å². The summed E-state index contributed by atoms with van der Waals surface area (Å²) in [6, 6.07) is 5.83. The molecule has 3 atom stereocenters. The molecule has 6 nitrogen and oxygen atoms in total. The maximum atomic E-state index is 13.1. The number of hydrogen-bond donors (Lipinski definition) is 0. The van der Waals surface area contributed by atoms with Crippen LogP contribution < -0.4 is 9.47 Å². The maximum Gasteiger partial charge on any atom is 0.249 e. The Morgan fingerprint density at radius 1 is 1.07 bits per heavy atom. The number of hydrogen-bond acceptors (Lipinski definition) is 5. The van der Waals surface area contributed by atoms with Crippen molar-refractivity contribution in [1.29, 1.82) is 0 Å². The lowest BCUT2D eigenvalue weighted by molar-refractivity contribution is -0.158. The number of allylic oxidation sites excluding steroid dienone is 2. The summed E-state index contributed by atoms with van der Waals surface area (Å²) >= 11 is 0. The molecule has 3 aliphatic rings. The van der Waals surface area contributed by atoms with E-state index < -0.39 is 0 Å². The highest BCUT2D eigenvalue weighted by molar-refractivity contribution is 6.07. The molecular formula is C21H26N2O4. The number of hydrazone groups is 1. The summed E-state index contributed by atoms with van der Waals surface area (Å²) in [4.78, 5) is 13.1. The van der Waals surface area contributed by atoms with Crippen LogP contribution in [0.15, 0.2) is 35.5 Å². The van der Waals surface area contributed by atoms with E-state index in [2.05, 4.69) is 12.2 Å². The van der Waals surface area contributed by atoms with Gasteiger partial charge in [-0.15, -0.1) is 0 Å². The number of benzene rings is 1. The van der Waals surface area contributed by atoms with Crippen molar-refractivity contribution in [2.24, 2.45) is 16.9 Å². The second kappa shape index (κ2) is 7.72. The zero-order chi connectivity index (χ0) is 18.8. The van der Waals surface area contributed by atoms with E-state index in [9.17, 15) is 4.79 Å². The first-order valence-corrected chi connectivity index (χ1v) is 9.63. The van der Waals surface area contributed by atoms with E-state index in [1.165, 1.54) is 0 Å². The Balaban J connectivity index is 1.75. The Morgan fingerprint density at radius 3 is 2.56 bits per heavy atom. The standard InChI is InChI=1S/C21H26N2O4/c1-25-17-11-10-14(13-18(17)26-2)20-15-7-3-4-8-16(15)21(24)23(22-20)19-9-5-6-12-27-19/h3-4,10-11,13,15-16,19H,5-9,12H2,1-2H3/t15-,16+,19?/m0/s1. The number of carbonyl (C=O) groups excluding carboxylic acids is 1. The van der Waals surface area contributed by atoms with Gasteiger partial charge in [0.25, 0.3) is 0 Å². The molecule has 0 saturated carbocycles. The number of fused-ring (bicyclic) bond motifs is 1. The van der Waals surface area contributed by atoms with Crippen molar-refractivity contribution in [1.82, 2.24) is 5.01 Å². The molecule has 1 unspecified atom stereocenters. The van der Waals surface area contributed by atoms with Gasteiger partial charge in [-0.3, -0.25) is 4.79 Å². The van der Waals surface area contributed by atoms with Gasteiger partial charge >= 0.3 is 0 Å². The Labute approximate surface area is 159 Å². The smallest absolute Gasteiger partial charge is 0.249 e. The van der Waals surface area contributed by atoms with Crippen molar-refractivity contribution in [3.05, 3.63) is 35.9 Å². The Bertz CT molecular complexity index is 767. The molecule has 0 bridgehead atoms. The molecule has 0 radical (unpaired) electrons. The highest BCUT2D eigenvalue weighted by Gasteiger charge is 2.42. The molecule has 1 saturated heterocycles. The second-order valence-electron chi connectivity index (χ2n) is 7.21. The van der Waals surface area contributed by atoms with Gasteiger partial charge in [-0.1, -0.05) is 12.2 Å². The van der Waals surface area contributed by atoms with E-state index in [-0.39, 0.29) is 24.0 Å². The summed E-state index contributed by atoms with van der Waals surface area (Å²) in [5, 5.41) is 6.42. The van der Waals surface area contributed by atoms with Crippen molar-refractivity contribution in [3.63, 3.8) is 0 Å². The summed E-state index contributed by atoms with van der Waals surface area (Å²) in [6.07, 6.45) is 8.51. The lowest BCUT2D eigenvalue weighted by atomic mass is 9.76. The first-order valence-electron chi connectivity index (χ1n) is 9.63. The minimum absolute atomic E-state index is 0.0823. The molecule has 1 amide bonds. The molecular weight excluding hydrogens is 344 g/mol. The van der Waals surface area contributed by atoms with Crippen molar-refractivity contribution in [2.75, 3.05) is 20.8 Å². The molecule has 1 aliphatic carbocycles. The van der Waals surface area contributed by atoms with Gasteiger partial charge in [0.05, 0.1) is 25.8 Å². The third-order valence-corrected chi connectivity index (χ3v) is 5.65. The first kappa shape index (κ1) is 18.0. The van der Waals surface area contributed by atoms with Gasteiger partial charge < -0.3 is 14.2 Å². The Kier molecular flexibility index (Phi) is 5.16. The normalized spacial score (nSPS) is 27.8. The van der Waals surface area contributed by atoms with Crippen LogP contribution >= 0.6 is 0 Å². The fraction of sp³-hybridized carbons (Fsp3) is 0.524. The van der Waals surface area contributed by atoms with Crippen molar-refractivity contribution in [3.8, 4) is 11.5 Å². The lowest BCUT2D eigenvalue weighted by Crippen LogP contribution is -2.50. The number of carbonyl (C=O) groups is 1. The van der Waals surface area contributed by atoms with Crippen LogP contribution in [-0.4, -0.2) is 43.7 Å². The van der Waals surface area contributed by atoms with Crippen LogP contribution in [0.2, 0.25) is 0 Å². The van der Waals surface area contributed by atoms with E-state index >= 15 is 0 Å². The number of nitrogens with zero attached hydrogens (tertiary/aromatic N) is 2. The Morgan fingerprint density at radius 2 is 1.85 bits per heavy atom. The van der Waals surface area contributed by atoms with Crippen LogP contribution in [0.4, 0.5) is 0 Å². The average Bonchev–Trinajstić information content (AvgIpc) is 2.74. The molecule has 0 N–H and O–H groups in total. The molecule has 2 aliphatic heterocycles. The summed E-state index contributed by atoms with van der Waals surface area (Å²) in [5.41, 5.74) is 1.89. The van der Waals surface area contributed by atoms with Gasteiger partial charge in [0.15, 0.2) is 17.7 Å². The first-order chi connectivity index (χ1) is 13.2. The molecule has 0 spiro atoms. The Hall–Kier alpha value is -2.34. The van der Waals surface area contributed by atoms with Gasteiger partial charge in [-0.25, -0.2) is 5.01 Å². The van der Waals surface area contributed by atoms with E-state index in [1.807, 2.05) is 18.2 Å².